The van der Waals surface area contributed by atoms with Gasteiger partial charge in [-0.3, -0.25) is 0 Å². The minimum Gasteiger partial charge on any atom is -0.392 e. The van der Waals surface area contributed by atoms with Gasteiger partial charge in [0.25, 0.3) is 0 Å². The molecular weight excluding hydrogens is 308 g/mol. The van der Waals surface area contributed by atoms with Crippen molar-refractivity contribution < 1.29 is 13.5 Å². The van der Waals surface area contributed by atoms with Crippen molar-refractivity contribution >= 4 is 21.4 Å². The fourth-order valence-electron chi connectivity index (χ4n) is 1.84. The zero-order valence-electron chi connectivity index (χ0n) is 11.7. The van der Waals surface area contributed by atoms with E-state index in [1.165, 1.54) is 11.3 Å². The van der Waals surface area contributed by atoms with Crippen molar-refractivity contribution in [3.05, 3.63) is 51.5 Å². The number of aliphatic hydroxyl groups excluding tert-OH is 1. The molecule has 0 radical (unpaired) electrons. The van der Waals surface area contributed by atoms with Gasteiger partial charge in [0.1, 0.15) is 0 Å². The molecule has 114 valence electrons. The molecule has 0 unspecified atom stereocenters. The quantitative estimate of drug-likeness (QED) is 0.810. The molecule has 0 saturated carbocycles. The maximum Gasteiger partial charge on any atom is 0.215 e. The molecule has 0 amide bonds. The molecule has 1 heterocycles. The third-order valence-corrected chi connectivity index (χ3v) is 5.27. The Morgan fingerprint density at radius 3 is 2.48 bits per heavy atom. The van der Waals surface area contributed by atoms with E-state index in [4.69, 9.17) is 5.11 Å². The minimum atomic E-state index is -3.35. The Labute approximate surface area is 128 Å². The molecule has 0 bridgehead atoms. The molecule has 0 aliphatic rings. The molecule has 0 aliphatic carbocycles. The number of hydrogen-bond acceptors (Lipinski definition) is 5. The van der Waals surface area contributed by atoms with E-state index in [9.17, 15) is 8.42 Å². The van der Waals surface area contributed by atoms with Gasteiger partial charge in [0, 0.05) is 24.0 Å². The highest BCUT2D eigenvalue weighted by Crippen LogP contribution is 2.10. The largest absolute Gasteiger partial charge is 0.392 e. The van der Waals surface area contributed by atoms with Crippen molar-refractivity contribution in [2.45, 2.75) is 25.7 Å². The molecule has 2 aromatic rings. The Balaban J connectivity index is 1.86. The average molecular weight is 326 g/mol. The smallest absolute Gasteiger partial charge is 0.215 e. The van der Waals surface area contributed by atoms with Crippen molar-refractivity contribution in [3.63, 3.8) is 0 Å². The number of aliphatic hydroxyl groups is 1. The van der Waals surface area contributed by atoms with Crippen LogP contribution in [0, 0.1) is 6.92 Å². The molecule has 2 rings (SSSR count). The first-order valence-corrected chi connectivity index (χ1v) is 9.09. The molecule has 0 spiro atoms. The first kappa shape index (κ1) is 16.1. The van der Waals surface area contributed by atoms with Gasteiger partial charge in [-0.05, 0) is 18.1 Å². The van der Waals surface area contributed by atoms with Crippen LogP contribution in [-0.2, 0) is 28.8 Å². The van der Waals surface area contributed by atoms with Crippen LogP contribution in [-0.4, -0.2) is 25.1 Å². The fourth-order valence-corrected chi connectivity index (χ4v) is 3.76. The summed E-state index contributed by atoms with van der Waals surface area (Å²) < 4.78 is 26.5. The van der Waals surface area contributed by atoms with Gasteiger partial charge in [-0.1, -0.05) is 24.3 Å². The summed E-state index contributed by atoms with van der Waals surface area (Å²) in [5.41, 5.74) is 2.43. The summed E-state index contributed by atoms with van der Waals surface area (Å²) in [5.74, 6) is -0.0599. The van der Waals surface area contributed by atoms with Crippen molar-refractivity contribution in [2.75, 3.05) is 6.54 Å². The summed E-state index contributed by atoms with van der Waals surface area (Å²) >= 11 is 1.54. The van der Waals surface area contributed by atoms with Crippen LogP contribution in [0.4, 0.5) is 0 Å². The highest BCUT2D eigenvalue weighted by atomic mass is 32.2. The van der Waals surface area contributed by atoms with Crippen LogP contribution in [0.3, 0.4) is 0 Å². The first-order chi connectivity index (χ1) is 9.98. The number of rotatable bonds is 7. The predicted molar refractivity (Wildman–Crippen MR) is 83.5 cm³/mol. The van der Waals surface area contributed by atoms with Crippen LogP contribution < -0.4 is 4.72 Å². The summed E-state index contributed by atoms with van der Waals surface area (Å²) in [7, 11) is -3.35. The fraction of sp³-hybridized carbons (Fsp3) is 0.357. The number of aryl methyl sites for hydroxylation is 1. The van der Waals surface area contributed by atoms with Crippen LogP contribution in [0.2, 0.25) is 0 Å². The van der Waals surface area contributed by atoms with E-state index in [2.05, 4.69) is 9.71 Å². The molecule has 7 heteroatoms. The third-order valence-electron chi connectivity index (χ3n) is 2.89. The van der Waals surface area contributed by atoms with Crippen LogP contribution in [0.1, 0.15) is 21.8 Å². The van der Waals surface area contributed by atoms with E-state index >= 15 is 0 Å². The number of nitrogens with one attached hydrogen (secondary N) is 1. The van der Waals surface area contributed by atoms with Gasteiger partial charge < -0.3 is 5.11 Å². The molecule has 0 saturated heterocycles. The van der Waals surface area contributed by atoms with E-state index in [1.807, 2.05) is 12.3 Å². The molecule has 2 N–H and O–H groups in total. The van der Waals surface area contributed by atoms with E-state index in [0.29, 0.717) is 18.5 Å². The Hall–Kier alpha value is -1.28. The lowest BCUT2D eigenvalue weighted by Crippen LogP contribution is -2.27. The van der Waals surface area contributed by atoms with Gasteiger partial charge in [0.2, 0.25) is 10.0 Å². The van der Waals surface area contributed by atoms with Crippen LogP contribution in [0.5, 0.6) is 0 Å². The minimum absolute atomic E-state index is 0.0431. The Bertz CT molecular complexity index is 678. The van der Waals surface area contributed by atoms with Crippen LogP contribution in [0.15, 0.2) is 29.6 Å². The van der Waals surface area contributed by atoms with E-state index in [0.717, 1.165) is 16.3 Å². The Morgan fingerprint density at radius 1 is 1.24 bits per heavy atom. The van der Waals surface area contributed by atoms with Crippen LogP contribution in [0.25, 0.3) is 0 Å². The summed E-state index contributed by atoms with van der Waals surface area (Å²) in [6, 6.07) is 6.89. The van der Waals surface area contributed by atoms with Gasteiger partial charge >= 0.3 is 0 Å². The zero-order valence-corrected chi connectivity index (χ0v) is 13.4. The van der Waals surface area contributed by atoms with Crippen molar-refractivity contribution in [1.82, 2.24) is 9.71 Å². The van der Waals surface area contributed by atoms with Crippen molar-refractivity contribution in [3.8, 4) is 0 Å². The highest BCUT2D eigenvalue weighted by molar-refractivity contribution is 7.88. The number of benzene rings is 1. The van der Waals surface area contributed by atoms with E-state index in [-0.39, 0.29) is 12.4 Å². The monoisotopic (exact) mass is 326 g/mol. The zero-order chi connectivity index (χ0) is 15.3. The third kappa shape index (κ3) is 5.20. The lowest BCUT2D eigenvalue weighted by molar-refractivity contribution is 0.282. The van der Waals surface area contributed by atoms with E-state index < -0.39 is 10.0 Å². The summed E-state index contributed by atoms with van der Waals surface area (Å²) in [6.45, 7) is 2.22. The summed E-state index contributed by atoms with van der Waals surface area (Å²) in [6.07, 6.45) is 0.598. The van der Waals surface area contributed by atoms with Gasteiger partial charge in [-0.2, -0.15) is 0 Å². The van der Waals surface area contributed by atoms with Crippen LogP contribution >= 0.6 is 11.3 Å². The number of hydrogen-bond donors (Lipinski definition) is 2. The molecule has 0 aliphatic heterocycles. The normalized spacial score (nSPS) is 11.7. The summed E-state index contributed by atoms with van der Waals surface area (Å²) in [5, 5.41) is 11.8. The van der Waals surface area contributed by atoms with Crippen molar-refractivity contribution in [1.29, 1.82) is 0 Å². The maximum absolute atomic E-state index is 12.0. The van der Waals surface area contributed by atoms with E-state index in [1.54, 1.807) is 24.3 Å². The van der Waals surface area contributed by atoms with Gasteiger partial charge in [0.15, 0.2) is 0 Å². The number of sulfonamides is 1. The Morgan fingerprint density at radius 2 is 1.90 bits per heavy atom. The molecule has 0 fully saturated rings. The highest BCUT2D eigenvalue weighted by Gasteiger charge is 2.11. The van der Waals surface area contributed by atoms with Gasteiger partial charge in [-0.25, -0.2) is 18.1 Å². The van der Waals surface area contributed by atoms with Gasteiger partial charge in [0.05, 0.1) is 17.4 Å². The lowest BCUT2D eigenvalue weighted by atomic mass is 10.2. The van der Waals surface area contributed by atoms with Crippen molar-refractivity contribution in [2.24, 2.45) is 0 Å². The molecule has 1 aromatic heterocycles. The Kier molecular flexibility index (Phi) is 5.46. The molecular formula is C14H18N2O3S2. The summed E-state index contributed by atoms with van der Waals surface area (Å²) in [4.78, 5) is 4.29. The number of aromatic nitrogens is 1. The number of thiazole rings is 1. The predicted octanol–water partition coefficient (Wildman–Crippen LogP) is 1.61. The second kappa shape index (κ2) is 7.13. The topological polar surface area (TPSA) is 79.3 Å². The maximum atomic E-state index is 12.0. The molecule has 21 heavy (non-hydrogen) atoms. The van der Waals surface area contributed by atoms with Gasteiger partial charge in [-0.15, -0.1) is 11.3 Å². The number of nitrogens with zero attached hydrogens (tertiary/aromatic N) is 1. The molecule has 1 aromatic carbocycles. The average Bonchev–Trinajstić information content (AvgIpc) is 2.84. The molecule has 0 atom stereocenters. The second-order valence-corrected chi connectivity index (χ2v) is 7.51. The first-order valence-electron chi connectivity index (χ1n) is 6.55. The standard InChI is InChI=1S/C14H18N2O3S2/c1-11-9-20-14(16-11)6-7-15-21(18,19)10-13-4-2-12(8-17)3-5-13/h2-5,9,15,17H,6-8,10H2,1H3. The SMILES string of the molecule is Cc1csc(CCNS(=O)(=O)Cc2ccc(CO)cc2)n1. The molecule has 5 nitrogen and oxygen atoms in total. The second-order valence-electron chi connectivity index (χ2n) is 4.76. The lowest BCUT2D eigenvalue weighted by Gasteiger charge is -2.06.